The molecule has 0 saturated carbocycles. The average molecular weight is 328 g/mol. The Kier molecular flexibility index (Phi) is 4.78. The maximum atomic E-state index is 10.7. The molecular weight excluding hydrogens is 304 g/mol. The lowest BCUT2D eigenvalue weighted by Gasteiger charge is -2.37. The molecule has 0 radical (unpaired) electrons. The second kappa shape index (κ2) is 6.83. The van der Waals surface area contributed by atoms with Gasteiger partial charge in [0.25, 0.3) is 0 Å². The van der Waals surface area contributed by atoms with Crippen LogP contribution in [0.5, 0.6) is 11.5 Å². The average Bonchev–Trinajstić information content (AvgIpc) is 2.60. The molecule has 4 heteroatoms. The van der Waals surface area contributed by atoms with Crippen molar-refractivity contribution in [1.29, 1.82) is 0 Å². The minimum atomic E-state index is -1.12. The van der Waals surface area contributed by atoms with Gasteiger partial charge in [0.1, 0.15) is 18.1 Å². The molecule has 128 valence electrons. The van der Waals surface area contributed by atoms with Gasteiger partial charge in [0.05, 0.1) is 18.8 Å². The first-order valence-electron chi connectivity index (χ1n) is 8.29. The van der Waals surface area contributed by atoms with E-state index in [0.29, 0.717) is 25.9 Å². The third kappa shape index (κ3) is 3.25. The van der Waals surface area contributed by atoms with Gasteiger partial charge in [-0.3, -0.25) is 0 Å². The standard InChI is InChI=1S/C20H24O4/c1-14(21)20(22)11-10-16-17(12-20)19(9-8-18(16)23-2)24-13-15-6-4-3-5-7-15/h3-9,14,21-22H,10-13H2,1-2H3/t14-,20-/m1/s1. The Balaban J connectivity index is 1.90. The maximum Gasteiger partial charge on any atom is 0.123 e. The third-order valence-corrected chi connectivity index (χ3v) is 4.87. The van der Waals surface area contributed by atoms with Gasteiger partial charge in [-0.15, -0.1) is 0 Å². The second-order valence-corrected chi connectivity index (χ2v) is 6.45. The Hall–Kier alpha value is -2.04. The summed E-state index contributed by atoms with van der Waals surface area (Å²) in [6.07, 6.45) is 0.735. The molecule has 4 nitrogen and oxygen atoms in total. The monoisotopic (exact) mass is 328 g/mol. The van der Waals surface area contributed by atoms with E-state index in [2.05, 4.69) is 0 Å². The van der Waals surface area contributed by atoms with Crippen LogP contribution in [0.25, 0.3) is 0 Å². The topological polar surface area (TPSA) is 58.9 Å². The molecule has 24 heavy (non-hydrogen) atoms. The number of ether oxygens (including phenoxy) is 2. The van der Waals surface area contributed by atoms with Gasteiger partial charge in [-0.25, -0.2) is 0 Å². The first kappa shape index (κ1) is 16.8. The molecule has 2 N–H and O–H groups in total. The summed E-state index contributed by atoms with van der Waals surface area (Å²) in [6.45, 7) is 2.10. The van der Waals surface area contributed by atoms with E-state index in [4.69, 9.17) is 9.47 Å². The highest BCUT2D eigenvalue weighted by Crippen LogP contribution is 2.40. The van der Waals surface area contributed by atoms with Gasteiger partial charge in [-0.2, -0.15) is 0 Å². The third-order valence-electron chi connectivity index (χ3n) is 4.87. The molecule has 0 spiro atoms. The molecule has 2 atom stereocenters. The number of methoxy groups -OCH3 is 1. The Bertz CT molecular complexity index is 696. The minimum Gasteiger partial charge on any atom is -0.496 e. The molecule has 1 aliphatic rings. The summed E-state index contributed by atoms with van der Waals surface area (Å²) in [7, 11) is 1.65. The molecule has 0 aliphatic heterocycles. The highest BCUT2D eigenvalue weighted by Gasteiger charge is 2.38. The van der Waals surface area contributed by atoms with Crippen LogP contribution in [0.2, 0.25) is 0 Å². The maximum absolute atomic E-state index is 10.7. The van der Waals surface area contributed by atoms with E-state index in [1.807, 2.05) is 42.5 Å². The van der Waals surface area contributed by atoms with Crippen molar-refractivity contribution < 1.29 is 19.7 Å². The fraction of sp³-hybridized carbons (Fsp3) is 0.400. The first-order valence-corrected chi connectivity index (χ1v) is 8.29. The summed E-state index contributed by atoms with van der Waals surface area (Å²) in [4.78, 5) is 0. The molecule has 0 heterocycles. The second-order valence-electron chi connectivity index (χ2n) is 6.45. The number of fused-ring (bicyclic) bond motifs is 1. The summed E-state index contributed by atoms with van der Waals surface area (Å²) in [5.74, 6) is 1.55. The molecule has 1 aliphatic carbocycles. The number of benzene rings is 2. The van der Waals surface area contributed by atoms with E-state index in [9.17, 15) is 10.2 Å². The van der Waals surface area contributed by atoms with Crippen LogP contribution in [-0.2, 0) is 19.4 Å². The zero-order valence-electron chi connectivity index (χ0n) is 14.2. The van der Waals surface area contributed by atoms with Gasteiger partial charge in [0.2, 0.25) is 0 Å². The SMILES string of the molecule is COc1ccc(OCc2ccccc2)c2c1CC[C@](O)([C@@H](C)O)C2. The minimum absolute atomic E-state index is 0.362. The van der Waals surface area contributed by atoms with Crippen LogP contribution >= 0.6 is 0 Å². The Morgan fingerprint density at radius 3 is 2.46 bits per heavy atom. The van der Waals surface area contributed by atoms with Gasteiger partial charge in [-0.05, 0) is 37.5 Å². The highest BCUT2D eigenvalue weighted by molar-refractivity contribution is 5.51. The first-order chi connectivity index (χ1) is 11.5. The molecular formula is C20H24O4. The number of hydrogen-bond donors (Lipinski definition) is 2. The fourth-order valence-corrected chi connectivity index (χ4v) is 3.27. The fourth-order valence-electron chi connectivity index (χ4n) is 3.27. The molecule has 0 unspecified atom stereocenters. The normalized spacial score (nSPS) is 21.0. The van der Waals surface area contributed by atoms with Crippen LogP contribution < -0.4 is 9.47 Å². The van der Waals surface area contributed by atoms with Crippen molar-refractivity contribution in [1.82, 2.24) is 0 Å². The van der Waals surface area contributed by atoms with Crippen molar-refractivity contribution in [3.8, 4) is 11.5 Å². The summed E-state index contributed by atoms with van der Waals surface area (Å²) in [5, 5.41) is 20.7. The van der Waals surface area contributed by atoms with Crippen LogP contribution in [0, 0.1) is 0 Å². The van der Waals surface area contributed by atoms with Crippen LogP contribution in [0.4, 0.5) is 0 Å². The predicted molar refractivity (Wildman–Crippen MR) is 92.4 cm³/mol. The van der Waals surface area contributed by atoms with Crippen molar-refractivity contribution in [2.75, 3.05) is 7.11 Å². The summed E-state index contributed by atoms with van der Waals surface area (Å²) >= 11 is 0. The molecule has 0 fully saturated rings. The van der Waals surface area contributed by atoms with Crippen molar-refractivity contribution in [3.05, 3.63) is 59.2 Å². The summed E-state index contributed by atoms with van der Waals surface area (Å²) < 4.78 is 11.5. The van der Waals surface area contributed by atoms with Gasteiger partial charge in [0.15, 0.2) is 0 Å². The highest BCUT2D eigenvalue weighted by atomic mass is 16.5. The van der Waals surface area contributed by atoms with Gasteiger partial charge in [-0.1, -0.05) is 30.3 Å². The lowest BCUT2D eigenvalue weighted by Crippen LogP contribution is -2.45. The van der Waals surface area contributed by atoms with Crippen molar-refractivity contribution in [2.24, 2.45) is 0 Å². The molecule has 0 aromatic heterocycles. The summed E-state index contributed by atoms with van der Waals surface area (Å²) in [5.41, 5.74) is 1.96. The molecule has 2 aromatic rings. The largest absolute Gasteiger partial charge is 0.496 e. The van der Waals surface area contributed by atoms with E-state index >= 15 is 0 Å². The molecule has 2 aromatic carbocycles. The number of aliphatic hydroxyl groups excluding tert-OH is 1. The van der Waals surface area contributed by atoms with Gasteiger partial charge in [0, 0.05) is 17.5 Å². The molecule has 0 bridgehead atoms. The van der Waals surface area contributed by atoms with E-state index in [1.54, 1.807) is 14.0 Å². The lowest BCUT2D eigenvalue weighted by molar-refractivity contribution is -0.0749. The van der Waals surface area contributed by atoms with E-state index in [0.717, 1.165) is 28.2 Å². The Labute approximate surface area is 142 Å². The van der Waals surface area contributed by atoms with Crippen molar-refractivity contribution in [2.45, 2.75) is 44.5 Å². The van der Waals surface area contributed by atoms with Gasteiger partial charge < -0.3 is 19.7 Å². The van der Waals surface area contributed by atoms with Crippen LogP contribution in [-0.4, -0.2) is 29.0 Å². The van der Waals surface area contributed by atoms with Crippen LogP contribution in [0.1, 0.15) is 30.0 Å². The number of rotatable bonds is 5. The zero-order valence-corrected chi connectivity index (χ0v) is 14.2. The summed E-state index contributed by atoms with van der Waals surface area (Å²) in [6, 6.07) is 13.8. The molecule has 0 saturated heterocycles. The van der Waals surface area contributed by atoms with E-state index < -0.39 is 11.7 Å². The smallest absolute Gasteiger partial charge is 0.123 e. The Morgan fingerprint density at radius 2 is 1.79 bits per heavy atom. The zero-order chi connectivity index (χ0) is 17.2. The molecule has 3 rings (SSSR count). The van der Waals surface area contributed by atoms with Crippen molar-refractivity contribution >= 4 is 0 Å². The lowest BCUT2D eigenvalue weighted by atomic mass is 9.77. The van der Waals surface area contributed by atoms with Gasteiger partial charge >= 0.3 is 0 Å². The number of hydrogen-bond acceptors (Lipinski definition) is 4. The van der Waals surface area contributed by atoms with Crippen LogP contribution in [0.15, 0.2) is 42.5 Å². The number of aliphatic hydroxyl groups is 2. The predicted octanol–water partition coefficient (Wildman–Crippen LogP) is 2.87. The van der Waals surface area contributed by atoms with E-state index in [-0.39, 0.29) is 0 Å². The van der Waals surface area contributed by atoms with E-state index in [1.165, 1.54) is 0 Å². The van der Waals surface area contributed by atoms with Crippen LogP contribution in [0.3, 0.4) is 0 Å². The quantitative estimate of drug-likeness (QED) is 0.886. The Morgan fingerprint density at radius 1 is 1.08 bits per heavy atom. The van der Waals surface area contributed by atoms with Crippen molar-refractivity contribution in [3.63, 3.8) is 0 Å². The molecule has 0 amide bonds.